The molecular weight excluding hydrogens is 244 g/mol. The molecule has 1 N–H and O–H groups in total. The van der Waals surface area contributed by atoms with Gasteiger partial charge in [-0.2, -0.15) is 8.42 Å². The number of carboxylic acids is 1. The molecule has 0 saturated heterocycles. The fraction of sp³-hybridized carbons (Fsp3) is 0.909. The minimum Gasteiger partial charge on any atom is -0.481 e. The Kier molecular flexibility index (Phi) is 6.70. The minimum atomic E-state index is -3.63. The summed E-state index contributed by atoms with van der Waals surface area (Å²) in [4.78, 5) is 10.7. The highest BCUT2D eigenvalue weighted by Gasteiger charge is 2.28. The van der Waals surface area contributed by atoms with Crippen LogP contribution in [-0.4, -0.2) is 31.9 Å². The zero-order chi connectivity index (χ0) is 13.6. The minimum absolute atomic E-state index is 0.110. The van der Waals surface area contributed by atoms with Gasteiger partial charge in [0, 0.05) is 0 Å². The Hall–Kier alpha value is -0.620. The molecule has 17 heavy (non-hydrogen) atoms. The summed E-state index contributed by atoms with van der Waals surface area (Å²) in [6, 6.07) is 0. The maximum atomic E-state index is 11.1. The fourth-order valence-electron chi connectivity index (χ4n) is 1.79. The summed E-state index contributed by atoms with van der Waals surface area (Å²) in [5, 5.41) is 8.77. The SMILES string of the molecule is CCCC(C)C(C)C(CC(=O)O)OS(C)(=O)=O. The van der Waals surface area contributed by atoms with Crippen LogP contribution in [0.5, 0.6) is 0 Å². The third-order valence-corrected chi connectivity index (χ3v) is 3.50. The van der Waals surface area contributed by atoms with Crippen molar-refractivity contribution in [2.75, 3.05) is 6.26 Å². The monoisotopic (exact) mass is 266 g/mol. The van der Waals surface area contributed by atoms with Gasteiger partial charge >= 0.3 is 5.97 Å². The Labute approximate surface area is 103 Å². The highest BCUT2D eigenvalue weighted by Crippen LogP contribution is 2.25. The topological polar surface area (TPSA) is 80.7 Å². The summed E-state index contributed by atoms with van der Waals surface area (Å²) in [7, 11) is -3.63. The zero-order valence-corrected chi connectivity index (χ0v) is 11.7. The molecule has 0 aromatic heterocycles. The Morgan fingerprint density at radius 2 is 1.88 bits per heavy atom. The molecule has 0 radical (unpaired) electrons. The van der Waals surface area contributed by atoms with Crippen LogP contribution in [0.1, 0.15) is 40.0 Å². The summed E-state index contributed by atoms with van der Waals surface area (Å²) in [6.07, 6.45) is 1.76. The van der Waals surface area contributed by atoms with Gasteiger partial charge in [0.2, 0.25) is 0 Å². The van der Waals surface area contributed by atoms with Crippen molar-refractivity contribution < 1.29 is 22.5 Å². The van der Waals surface area contributed by atoms with Crippen molar-refractivity contribution in [2.24, 2.45) is 11.8 Å². The number of hydrogen-bond donors (Lipinski definition) is 1. The molecule has 0 spiro atoms. The summed E-state index contributed by atoms with van der Waals surface area (Å²) < 4.78 is 27.1. The average Bonchev–Trinajstić information content (AvgIpc) is 2.13. The van der Waals surface area contributed by atoms with E-state index in [2.05, 4.69) is 0 Å². The van der Waals surface area contributed by atoms with E-state index in [9.17, 15) is 13.2 Å². The Bertz CT molecular complexity index is 336. The van der Waals surface area contributed by atoms with Crippen molar-refractivity contribution in [3.63, 3.8) is 0 Å². The molecule has 5 nitrogen and oxygen atoms in total. The molecule has 0 aromatic carbocycles. The third kappa shape index (κ3) is 7.33. The lowest BCUT2D eigenvalue weighted by molar-refractivity contribution is -0.139. The standard InChI is InChI=1S/C11H22O5S/c1-5-6-8(2)9(3)10(7-11(12)13)16-17(4,14)15/h8-10H,5-7H2,1-4H3,(H,12,13). The van der Waals surface area contributed by atoms with E-state index in [1.54, 1.807) is 0 Å². The molecule has 0 bridgehead atoms. The molecule has 0 aliphatic rings. The van der Waals surface area contributed by atoms with Crippen LogP contribution in [0, 0.1) is 11.8 Å². The Balaban J connectivity index is 4.72. The van der Waals surface area contributed by atoms with Crippen LogP contribution >= 0.6 is 0 Å². The predicted molar refractivity (Wildman–Crippen MR) is 65.2 cm³/mol. The highest BCUT2D eigenvalue weighted by molar-refractivity contribution is 7.86. The zero-order valence-electron chi connectivity index (χ0n) is 10.8. The van der Waals surface area contributed by atoms with E-state index < -0.39 is 22.2 Å². The molecule has 0 aromatic rings. The summed E-state index contributed by atoms with van der Waals surface area (Å²) in [5.74, 6) is -0.930. The molecule has 0 amide bonds. The van der Waals surface area contributed by atoms with Crippen LogP contribution in [0.3, 0.4) is 0 Å². The smallest absolute Gasteiger partial charge is 0.306 e. The van der Waals surface area contributed by atoms with Gasteiger partial charge in [-0.1, -0.05) is 33.6 Å². The van der Waals surface area contributed by atoms with Crippen molar-refractivity contribution in [3.05, 3.63) is 0 Å². The lowest BCUT2D eigenvalue weighted by Crippen LogP contribution is -2.31. The first kappa shape index (κ1) is 16.4. The van der Waals surface area contributed by atoms with E-state index in [-0.39, 0.29) is 18.3 Å². The Morgan fingerprint density at radius 1 is 1.35 bits per heavy atom. The first-order chi connectivity index (χ1) is 7.67. The van der Waals surface area contributed by atoms with Gasteiger partial charge in [-0.3, -0.25) is 8.98 Å². The summed E-state index contributed by atoms with van der Waals surface area (Å²) >= 11 is 0. The van der Waals surface area contributed by atoms with Crippen LogP contribution in [0.4, 0.5) is 0 Å². The molecule has 6 heteroatoms. The van der Waals surface area contributed by atoms with E-state index in [1.807, 2.05) is 20.8 Å². The summed E-state index contributed by atoms with van der Waals surface area (Å²) in [5.41, 5.74) is 0. The van der Waals surface area contributed by atoms with Crippen molar-refractivity contribution in [3.8, 4) is 0 Å². The number of rotatable bonds is 8. The molecule has 3 atom stereocenters. The van der Waals surface area contributed by atoms with Crippen LogP contribution in [0.15, 0.2) is 0 Å². The van der Waals surface area contributed by atoms with E-state index in [0.717, 1.165) is 19.1 Å². The molecule has 0 heterocycles. The van der Waals surface area contributed by atoms with Gasteiger partial charge in [0.25, 0.3) is 10.1 Å². The van der Waals surface area contributed by atoms with Gasteiger partial charge in [0.15, 0.2) is 0 Å². The molecule has 102 valence electrons. The first-order valence-electron chi connectivity index (χ1n) is 5.77. The molecule has 0 aliphatic carbocycles. The third-order valence-electron chi connectivity index (χ3n) is 2.90. The van der Waals surface area contributed by atoms with Crippen LogP contribution in [0.25, 0.3) is 0 Å². The quantitative estimate of drug-likeness (QED) is 0.678. The largest absolute Gasteiger partial charge is 0.481 e. The van der Waals surface area contributed by atoms with E-state index in [1.165, 1.54) is 0 Å². The average molecular weight is 266 g/mol. The Morgan fingerprint density at radius 3 is 2.24 bits per heavy atom. The van der Waals surface area contributed by atoms with E-state index in [0.29, 0.717) is 0 Å². The van der Waals surface area contributed by atoms with Crippen molar-refractivity contribution in [1.29, 1.82) is 0 Å². The molecule has 0 fully saturated rings. The molecule has 0 rings (SSSR count). The number of aliphatic carboxylic acids is 1. The lowest BCUT2D eigenvalue weighted by Gasteiger charge is -2.26. The van der Waals surface area contributed by atoms with Gasteiger partial charge in [-0.25, -0.2) is 0 Å². The second-order valence-electron chi connectivity index (χ2n) is 4.56. The second kappa shape index (κ2) is 6.96. The maximum Gasteiger partial charge on any atom is 0.306 e. The highest BCUT2D eigenvalue weighted by atomic mass is 32.2. The molecule has 0 aliphatic heterocycles. The van der Waals surface area contributed by atoms with Crippen molar-refractivity contribution >= 4 is 16.1 Å². The predicted octanol–water partition coefficient (Wildman–Crippen LogP) is 1.88. The van der Waals surface area contributed by atoms with Crippen LogP contribution < -0.4 is 0 Å². The van der Waals surface area contributed by atoms with Gasteiger partial charge in [0.1, 0.15) is 0 Å². The molecule has 3 unspecified atom stereocenters. The molecular formula is C11H22O5S. The van der Waals surface area contributed by atoms with Crippen molar-refractivity contribution in [2.45, 2.75) is 46.1 Å². The first-order valence-corrected chi connectivity index (χ1v) is 7.59. The number of carbonyl (C=O) groups is 1. The fourth-order valence-corrected chi connectivity index (χ4v) is 2.48. The second-order valence-corrected chi connectivity index (χ2v) is 6.16. The van der Waals surface area contributed by atoms with Gasteiger partial charge in [-0.05, 0) is 11.8 Å². The normalized spacial score (nSPS) is 17.4. The summed E-state index contributed by atoms with van der Waals surface area (Å²) in [6.45, 7) is 5.85. The van der Waals surface area contributed by atoms with Gasteiger partial charge < -0.3 is 5.11 Å². The van der Waals surface area contributed by atoms with Gasteiger partial charge in [-0.15, -0.1) is 0 Å². The number of carboxylic acid groups (broad SMARTS) is 1. The van der Waals surface area contributed by atoms with E-state index in [4.69, 9.17) is 9.29 Å². The van der Waals surface area contributed by atoms with Gasteiger partial charge in [0.05, 0.1) is 18.8 Å². The van der Waals surface area contributed by atoms with Crippen LogP contribution in [-0.2, 0) is 19.1 Å². The lowest BCUT2D eigenvalue weighted by atomic mass is 9.86. The van der Waals surface area contributed by atoms with E-state index >= 15 is 0 Å². The maximum absolute atomic E-state index is 11.1. The van der Waals surface area contributed by atoms with Crippen molar-refractivity contribution in [1.82, 2.24) is 0 Å². The van der Waals surface area contributed by atoms with Crippen LogP contribution in [0.2, 0.25) is 0 Å². The molecule has 0 saturated carbocycles. The number of hydrogen-bond acceptors (Lipinski definition) is 4.